The lowest BCUT2D eigenvalue weighted by Gasteiger charge is -2.07. The molecule has 0 unspecified atom stereocenters. The molecule has 0 aliphatic heterocycles. The Morgan fingerprint density at radius 1 is 0.867 bits per heavy atom. The van der Waals surface area contributed by atoms with E-state index in [4.69, 9.17) is 4.52 Å². The number of amides is 2. The van der Waals surface area contributed by atoms with Gasteiger partial charge in [-0.15, -0.1) is 11.3 Å². The van der Waals surface area contributed by atoms with Crippen molar-refractivity contribution in [3.63, 3.8) is 0 Å². The summed E-state index contributed by atoms with van der Waals surface area (Å²) in [7, 11) is 0. The van der Waals surface area contributed by atoms with E-state index >= 15 is 0 Å². The van der Waals surface area contributed by atoms with E-state index < -0.39 is 11.8 Å². The highest BCUT2D eigenvalue weighted by Crippen LogP contribution is 2.27. The van der Waals surface area contributed by atoms with Crippen molar-refractivity contribution in [1.82, 2.24) is 26.0 Å². The maximum absolute atomic E-state index is 12.5. The third kappa shape index (κ3) is 4.11. The SMILES string of the molecule is Cc1noc(-c2ccc(C(=O)NNC(=O)c3sc(-c4ccccc4)nc3C)cc2)n1. The molecule has 2 N–H and O–H groups in total. The summed E-state index contributed by atoms with van der Waals surface area (Å²) in [6.45, 7) is 3.49. The van der Waals surface area contributed by atoms with Crippen LogP contribution in [0.5, 0.6) is 0 Å². The van der Waals surface area contributed by atoms with Gasteiger partial charge < -0.3 is 4.52 Å². The molecule has 4 rings (SSSR count). The minimum atomic E-state index is -0.443. The third-order valence-corrected chi connectivity index (χ3v) is 5.44. The van der Waals surface area contributed by atoms with Crippen molar-refractivity contribution in [2.75, 3.05) is 0 Å². The number of hydrogen-bond acceptors (Lipinski definition) is 7. The van der Waals surface area contributed by atoms with Crippen molar-refractivity contribution in [3.8, 4) is 22.0 Å². The second-order valence-electron chi connectivity index (χ2n) is 6.43. The van der Waals surface area contributed by atoms with Gasteiger partial charge in [-0.25, -0.2) is 4.98 Å². The first-order chi connectivity index (χ1) is 14.5. The molecule has 0 saturated carbocycles. The topological polar surface area (TPSA) is 110 Å². The summed E-state index contributed by atoms with van der Waals surface area (Å²) < 4.78 is 5.10. The molecule has 0 aliphatic rings. The van der Waals surface area contributed by atoms with Crippen LogP contribution >= 0.6 is 11.3 Å². The first-order valence-corrected chi connectivity index (χ1v) is 9.87. The van der Waals surface area contributed by atoms with E-state index in [1.807, 2.05) is 30.3 Å². The average Bonchev–Trinajstić information content (AvgIpc) is 3.38. The molecular weight excluding hydrogens is 402 g/mol. The fraction of sp³-hybridized carbons (Fsp3) is 0.0952. The number of benzene rings is 2. The Bertz CT molecular complexity index is 1200. The van der Waals surface area contributed by atoms with Gasteiger partial charge in [0.2, 0.25) is 0 Å². The Morgan fingerprint density at radius 2 is 1.57 bits per heavy atom. The smallest absolute Gasteiger partial charge is 0.281 e. The van der Waals surface area contributed by atoms with Crippen molar-refractivity contribution < 1.29 is 14.1 Å². The Morgan fingerprint density at radius 3 is 2.23 bits per heavy atom. The molecule has 9 heteroatoms. The van der Waals surface area contributed by atoms with Gasteiger partial charge in [0.15, 0.2) is 5.82 Å². The molecule has 0 spiro atoms. The molecule has 4 aromatic rings. The molecule has 30 heavy (non-hydrogen) atoms. The summed E-state index contributed by atoms with van der Waals surface area (Å²) in [6.07, 6.45) is 0. The number of nitrogens with zero attached hydrogens (tertiary/aromatic N) is 3. The number of rotatable bonds is 4. The molecule has 0 fully saturated rings. The second kappa shape index (κ2) is 8.26. The summed E-state index contributed by atoms with van der Waals surface area (Å²) in [5.41, 5.74) is 7.48. The summed E-state index contributed by atoms with van der Waals surface area (Å²) in [5.74, 6) is 0.0477. The predicted molar refractivity (Wildman–Crippen MR) is 112 cm³/mol. The summed E-state index contributed by atoms with van der Waals surface area (Å²) in [5, 5.41) is 4.49. The van der Waals surface area contributed by atoms with Gasteiger partial charge in [-0.3, -0.25) is 20.4 Å². The number of hydrogen-bond donors (Lipinski definition) is 2. The van der Waals surface area contributed by atoms with Crippen LogP contribution in [0.2, 0.25) is 0 Å². The van der Waals surface area contributed by atoms with Crippen LogP contribution in [0.3, 0.4) is 0 Å². The third-order valence-electron chi connectivity index (χ3n) is 4.23. The molecule has 0 bridgehead atoms. The maximum Gasteiger partial charge on any atom is 0.281 e. The lowest BCUT2D eigenvalue weighted by molar-refractivity contribution is 0.0848. The molecule has 0 radical (unpaired) electrons. The van der Waals surface area contributed by atoms with Crippen molar-refractivity contribution in [2.45, 2.75) is 13.8 Å². The van der Waals surface area contributed by atoms with E-state index in [0.29, 0.717) is 33.4 Å². The Labute approximate surface area is 176 Å². The van der Waals surface area contributed by atoms with Gasteiger partial charge in [0, 0.05) is 16.7 Å². The number of aromatic nitrogens is 3. The minimum absolute atomic E-state index is 0.376. The molecule has 2 amide bonds. The van der Waals surface area contributed by atoms with Gasteiger partial charge in [0.05, 0.1) is 5.69 Å². The van der Waals surface area contributed by atoms with Crippen LogP contribution in [0.25, 0.3) is 22.0 Å². The average molecular weight is 419 g/mol. The number of hydrazine groups is 1. The van der Waals surface area contributed by atoms with E-state index in [1.165, 1.54) is 11.3 Å². The summed E-state index contributed by atoms with van der Waals surface area (Å²) >= 11 is 1.27. The van der Waals surface area contributed by atoms with Crippen molar-refractivity contribution in [2.24, 2.45) is 0 Å². The van der Waals surface area contributed by atoms with E-state index in [9.17, 15) is 9.59 Å². The number of thiazole rings is 1. The van der Waals surface area contributed by atoms with E-state index in [0.717, 1.165) is 10.6 Å². The van der Waals surface area contributed by atoms with Crippen LogP contribution in [0.1, 0.15) is 31.5 Å². The van der Waals surface area contributed by atoms with Crippen LogP contribution in [-0.4, -0.2) is 26.9 Å². The van der Waals surface area contributed by atoms with Crippen LogP contribution in [0, 0.1) is 13.8 Å². The summed E-state index contributed by atoms with van der Waals surface area (Å²) in [4.78, 5) is 33.9. The van der Waals surface area contributed by atoms with E-state index in [2.05, 4.69) is 26.0 Å². The fourth-order valence-electron chi connectivity index (χ4n) is 2.73. The van der Waals surface area contributed by atoms with Gasteiger partial charge in [-0.1, -0.05) is 35.5 Å². The first kappa shape index (κ1) is 19.5. The highest BCUT2D eigenvalue weighted by molar-refractivity contribution is 7.17. The highest BCUT2D eigenvalue weighted by Gasteiger charge is 2.17. The molecular formula is C21H17N5O3S. The monoisotopic (exact) mass is 419 g/mol. The predicted octanol–water partition coefficient (Wildman–Crippen LogP) is 3.55. The zero-order valence-corrected chi connectivity index (χ0v) is 17.0. The largest absolute Gasteiger partial charge is 0.334 e. The zero-order valence-electron chi connectivity index (χ0n) is 16.2. The molecule has 0 aliphatic carbocycles. The number of carbonyl (C=O) groups excluding carboxylic acids is 2. The second-order valence-corrected chi connectivity index (χ2v) is 7.43. The Kier molecular flexibility index (Phi) is 5.36. The first-order valence-electron chi connectivity index (χ1n) is 9.05. The molecule has 8 nitrogen and oxygen atoms in total. The Balaban J connectivity index is 1.40. The molecule has 2 heterocycles. The maximum atomic E-state index is 12.5. The molecule has 150 valence electrons. The van der Waals surface area contributed by atoms with Crippen LogP contribution in [0.15, 0.2) is 59.1 Å². The van der Waals surface area contributed by atoms with Crippen molar-refractivity contribution in [3.05, 3.63) is 76.6 Å². The number of aryl methyl sites for hydroxylation is 2. The Hall–Kier alpha value is -3.85. The normalized spacial score (nSPS) is 10.6. The van der Waals surface area contributed by atoms with E-state index in [1.54, 1.807) is 38.1 Å². The van der Waals surface area contributed by atoms with Gasteiger partial charge in [-0.2, -0.15) is 4.98 Å². The van der Waals surface area contributed by atoms with Crippen molar-refractivity contribution in [1.29, 1.82) is 0 Å². The molecule has 0 atom stereocenters. The van der Waals surface area contributed by atoms with Gasteiger partial charge >= 0.3 is 0 Å². The lowest BCUT2D eigenvalue weighted by Crippen LogP contribution is -2.41. The van der Waals surface area contributed by atoms with E-state index in [-0.39, 0.29) is 0 Å². The standard InChI is InChI=1S/C21H17N5O3S/c1-12-17(30-21(22-12)16-6-4-3-5-7-16)19(28)25-24-18(27)14-8-10-15(11-9-14)20-23-13(2)26-29-20/h3-11H,1-2H3,(H,24,27)(H,25,28). The van der Waals surface area contributed by atoms with Crippen LogP contribution in [0.4, 0.5) is 0 Å². The number of carbonyl (C=O) groups is 2. The molecule has 0 saturated heterocycles. The lowest BCUT2D eigenvalue weighted by atomic mass is 10.1. The number of nitrogens with one attached hydrogen (secondary N) is 2. The highest BCUT2D eigenvalue weighted by atomic mass is 32.1. The zero-order chi connectivity index (χ0) is 21.1. The van der Waals surface area contributed by atoms with Gasteiger partial charge in [0.1, 0.15) is 9.88 Å². The summed E-state index contributed by atoms with van der Waals surface area (Å²) in [6, 6.07) is 16.2. The molecule has 2 aromatic carbocycles. The van der Waals surface area contributed by atoms with Gasteiger partial charge in [0.25, 0.3) is 17.7 Å². The van der Waals surface area contributed by atoms with Crippen molar-refractivity contribution >= 4 is 23.2 Å². The van der Waals surface area contributed by atoms with Crippen LogP contribution in [-0.2, 0) is 0 Å². The fourth-order valence-corrected chi connectivity index (χ4v) is 3.70. The van der Waals surface area contributed by atoms with Gasteiger partial charge in [-0.05, 0) is 38.1 Å². The molecule has 2 aromatic heterocycles. The van der Waals surface area contributed by atoms with Crippen LogP contribution < -0.4 is 10.9 Å². The minimum Gasteiger partial charge on any atom is -0.334 e. The quantitative estimate of drug-likeness (QED) is 0.490.